The Bertz CT molecular complexity index is 421. The lowest BCUT2D eigenvalue weighted by atomic mass is 10.4. The number of carbonyl (C=O) groups is 2. The third-order valence-electron chi connectivity index (χ3n) is 1.68. The van der Waals surface area contributed by atoms with Gasteiger partial charge < -0.3 is 4.74 Å². The lowest BCUT2D eigenvalue weighted by Gasteiger charge is -2.29. The summed E-state index contributed by atoms with van der Waals surface area (Å²) >= 11 is 0. The standard InChI is InChI=1S/C8H6F8O5/c1-3(17)5(9,10)20-7(13,14)8(15,16)21-6(11,12)4(18)19-2/h1-2H3. The fourth-order valence-corrected chi connectivity index (χ4v) is 0.673. The fourth-order valence-electron chi connectivity index (χ4n) is 0.673. The van der Waals surface area contributed by atoms with E-state index in [1.165, 1.54) is 0 Å². The van der Waals surface area contributed by atoms with Crippen LogP contribution in [-0.4, -0.2) is 43.3 Å². The Labute approximate surface area is 110 Å². The quantitative estimate of drug-likeness (QED) is 0.527. The molecule has 0 aromatic carbocycles. The van der Waals surface area contributed by atoms with Crippen LogP contribution in [0.25, 0.3) is 0 Å². The molecule has 21 heavy (non-hydrogen) atoms. The highest BCUT2D eigenvalue weighted by Gasteiger charge is 2.69. The predicted molar refractivity (Wildman–Crippen MR) is 44.7 cm³/mol. The zero-order valence-corrected chi connectivity index (χ0v) is 10.1. The second-order valence-electron chi connectivity index (χ2n) is 3.32. The molecule has 5 nitrogen and oxygen atoms in total. The minimum Gasteiger partial charge on any atom is -0.463 e. The van der Waals surface area contributed by atoms with E-state index < -0.39 is 36.2 Å². The number of ketones is 1. The summed E-state index contributed by atoms with van der Waals surface area (Å²) < 4.78 is 109. The highest BCUT2D eigenvalue weighted by atomic mass is 19.3. The third-order valence-corrected chi connectivity index (χ3v) is 1.68. The molecule has 0 N–H and O–H groups in total. The van der Waals surface area contributed by atoms with Crippen molar-refractivity contribution in [2.75, 3.05) is 7.11 Å². The molecule has 0 radical (unpaired) electrons. The molecular formula is C8H6F8O5. The highest BCUT2D eigenvalue weighted by Crippen LogP contribution is 2.43. The monoisotopic (exact) mass is 334 g/mol. The van der Waals surface area contributed by atoms with Gasteiger partial charge in [-0.2, -0.15) is 35.1 Å². The first-order valence-corrected chi connectivity index (χ1v) is 4.60. The molecule has 124 valence electrons. The average Bonchev–Trinajstić information content (AvgIpc) is 2.24. The molecule has 0 fully saturated rings. The molecule has 0 amide bonds. The largest absolute Gasteiger partial charge is 0.463 e. The first-order chi connectivity index (χ1) is 9.09. The van der Waals surface area contributed by atoms with E-state index in [0.717, 1.165) is 0 Å². The Morgan fingerprint density at radius 2 is 1.10 bits per heavy atom. The number of hydrogen-bond acceptors (Lipinski definition) is 5. The summed E-state index contributed by atoms with van der Waals surface area (Å²) in [5, 5.41) is 0. The van der Waals surface area contributed by atoms with Crippen LogP contribution in [0.2, 0.25) is 0 Å². The number of halogens is 8. The Kier molecular flexibility index (Phi) is 5.30. The van der Waals surface area contributed by atoms with Gasteiger partial charge in [0.1, 0.15) is 0 Å². The summed E-state index contributed by atoms with van der Waals surface area (Å²) in [7, 11) is 0.288. The highest BCUT2D eigenvalue weighted by molar-refractivity contribution is 5.81. The summed E-state index contributed by atoms with van der Waals surface area (Å²) in [5.74, 6) is -5.20. The SMILES string of the molecule is COC(=O)C(F)(F)OC(F)(F)C(F)(F)OC(F)(F)C(C)=O. The van der Waals surface area contributed by atoms with Crippen LogP contribution < -0.4 is 0 Å². The number of hydrogen-bond donors (Lipinski definition) is 0. The molecule has 0 bridgehead atoms. The van der Waals surface area contributed by atoms with Crippen LogP contribution in [0.3, 0.4) is 0 Å². The van der Waals surface area contributed by atoms with E-state index in [4.69, 9.17) is 0 Å². The van der Waals surface area contributed by atoms with Gasteiger partial charge in [-0.15, -0.1) is 0 Å². The van der Waals surface area contributed by atoms with E-state index in [1.54, 1.807) is 0 Å². The second-order valence-corrected chi connectivity index (χ2v) is 3.32. The van der Waals surface area contributed by atoms with E-state index in [1.807, 2.05) is 0 Å². The van der Waals surface area contributed by atoms with Crippen LogP contribution in [0, 0.1) is 0 Å². The first kappa shape index (κ1) is 19.5. The zero-order valence-electron chi connectivity index (χ0n) is 10.1. The van der Waals surface area contributed by atoms with Crippen molar-refractivity contribution in [2.45, 2.75) is 31.4 Å². The van der Waals surface area contributed by atoms with Gasteiger partial charge in [-0.1, -0.05) is 0 Å². The molecule has 0 rings (SSSR count). The Hall–Kier alpha value is -1.50. The van der Waals surface area contributed by atoms with Gasteiger partial charge in [-0.25, -0.2) is 14.3 Å². The molecule has 0 unspecified atom stereocenters. The summed E-state index contributed by atoms with van der Waals surface area (Å²) in [6.07, 6.45) is -23.7. The van der Waals surface area contributed by atoms with Crippen LogP contribution in [0.5, 0.6) is 0 Å². The number of Topliss-reactive ketones (excluding diaryl/α,β-unsaturated/α-hetero) is 1. The molecule has 0 aliphatic heterocycles. The smallest absolute Gasteiger partial charge is 0.460 e. The number of carbonyl (C=O) groups excluding carboxylic acids is 2. The molecule has 0 aliphatic carbocycles. The summed E-state index contributed by atoms with van der Waals surface area (Å²) in [5.41, 5.74) is 0. The van der Waals surface area contributed by atoms with Gasteiger partial charge in [0.05, 0.1) is 7.11 Å². The van der Waals surface area contributed by atoms with E-state index in [2.05, 4.69) is 14.2 Å². The molecule has 0 aliphatic rings. The van der Waals surface area contributed by atoms with Crippen molar-refractivity contribution >= 4 is 11.8 Å². The van der Waals surface area contributed by atoms with Gasteiger partial charge in [0.15, 0.2) is 0 Å². The van der Waals surface area contributed by atoms with Crippen LogP contribution in [0.4, 0.5) is 35.1 Å². The lowest BCUT2D eigenvalue weighted by Crippen LogP contribution is -2.54. The maximum atomic E-state index is 12.8. The molecule has 0 saturated heterocycles. The molecule has 13 heteroatoms. The molecule has 0 atom stereocenters. The average molecular weight is 334 g/mol. The van der Waals surface area contributed by atoms with E-state index >= 15 is 0 Å². The zero-order chi connectivity index (χ0) is 17.3. The Morgan fingerprint density at radius 3 is 1.38 bits per heavy atom. The third kappa shape index (κ3) is 4.49. The van der Waals surface area contributed by atoms with Crippen LogP contribution in [-0.2, 0) is 23.8 Å². The number of esters is 1. The maximum absolute atomic E-state index is 12.8. The van der Waals surface area contributed by atoms with E-state index in [-0.39, 0.29) is 14.0 Å². The Balaban J connectivity index is 5.30. The van der Waals surface area contributed by atoms with Gasteiger partial charge in [-0.3, -0.25) is 4.79 Å². The molecule has 0 heterocycles. The number of methoxy groups -OCH3 is 1. The summed E-state index contributed by atoms with van der Waals surface area (Å²) in [6, 6.07) is 0. The van der Waals surface area contributed by atoms with E-state index in [9.17, 15) is 44.7 Å². The van der Waals surface area contributed by atoms with Gasteiger partial charge in [0.25, 0.3) is 0 Å². The Morgan fingerprint density at radius 1 is 0.762 bits per heavy atom. The minimum absolute atomic E-state index is 0.0120. The first-order valence-electron chi connectivity index (χ1n) is 4.60. The number of rotatable bonds is 7. The van der Waals surface area contributed by atoms with E-state index in [0.29, 0.717) is 0 Å². The van der Waals surface area contributed by atoms with Crippen LogP contribution >= 0.6 is 0 Å². The van der Waals surface area contributed by atoms with Crippen molar-refractivity contribution in [1.82, 2.24) is 0 Å². The molecule has 0 saturated carbocycles. The molecular weight excluding hydrogens is 328 g/mol. The fraction of sp³-hybridized carbons (Fsp3) is 0.750. The van der Waals surface area contributed by atoms with Crippen molar-refractivity contribution in [3.63, 3.8) is 0 Å². The number of ether oxygens (including phenoxy) is 3. The topological polar surface area (TPSA) is 61.8 Å². The van der Waals surface area contributed by atoms with Crippen molar-refractivity contribution in [1.29, 1.82) is 0 Å². The van der Waals surface area contributed by atoms with Crippen molar-refractivity contribution in [3.05, 3.63) is 0 Å². The number of alkyl halides is 8. The van der Waals surface area contributed by atoms with Gasteiger partial charge in [0, 0.05) is 6.92 Å². The lowest BCUT2D eigenvalue weighted by molar-refractivity contribution is -0.500. The molecule has 0 aromatic heterocycles. The predicted octanol–water partition coefficient (Wildman–Crippen LogP) is 2.15. The molecule has 0 spiro atoms. The van der Waals surface area contributed by atoms with Gasteiger partial charge >= 0.3 is 30.4 Å². The van der Waals surface area contributed by atoms with Crippen molar-refractivity contribution in [2.24, 2.45) is 0 Å². The van der Waals surface area contributed by atoms with Crippen LogP contribution in [0.15, 0.2) is 0 Å². The normalized spacial score (nSPS) is 14.0. The van der Waals surface area contributed by atoms with Crippen LogP contribution in [0.1, 0.15) is 6.92 Å². The van der Waals surface area contributed by atoms with Gasteiger partial charge in [-0.05, 0) is 0 Å². The minimum atomic E-state index is -6.39. The molecule has 0 aromatic rings. The van der Waals surface area contributed by atoms with Crippen molar-refractivity contribution in [3.8, 4) is 0 Å². The summed E-state index contributed by atoms with van der Waals surface area (Å²) in [6.45, 7) is 0.0120. The maximum Gasteiger partial charge on any atom is 0.460 e. The van der Waals surface area contributed by atoms with Gasteiger partial charge in [0.2, 0.25) is 5.78 Å². The van der Waals surface area contributed by atoms with Crippen molar-refractivity contribution < 1.29 is 58.9 Å². The second kappa shape index (κ2) is 5.71. The summed E-state index contributed by atoms with van der Waals surface area (Å²) in [4.78, 5) is 20.5.